The van der Waals surface area contributed by atoms with Crippen LogP contribution in [0.15, 0.2) is 18.2 Å². The van der Waals surface area contributed by atoms with Crippen LogP contribution in [-0.2, 0) is 12.8 Å². The van der Waals surface area contributed by atoms with Gasteiger partial charge >= 0.3 is 6.09 Å². The first kappa shape index (κ1) is 12.5. The number of carbonyl (C=O) groups excluding carboxylic acids is 1. The number of carbonyl (C=O) groups is 1. The lowest BCUT2D eigenvalue weighted by Gasteiger charge is -2.23. The van der Waals surface area contributed by atoms with E-state index in [0.29, 0.717) is 5.75 Å². The maximum atomic E-state index is 11.8. The second-order valence-electron chi connectivity index (χ2n) is 5.34. The minimum atomic E-state index is -0.329. The lowest BCUT2D eigenvalue weighted by molar-refractivity contribution is 0.193. The summed E-state index contributed by atoms with van der Waals surface area (Å²) in [7, 11) is 0. The molecule has 0 atom stereocenters. The summed E-state index contributed by atoms with van der Waals surface area (Å²) < 4.78 is 5.37. The van der Waals surface area contributed by atoms with Crippen molar-refractivity contribution in [3.63, 3.8) is 0 Å². The van der Waals surface area contributed by atoms with Crippen LogP contribution in [0, 0.1) is 0 Å². The average molecular weight is 260 g/mol. The molecule has 1 amide bonds. The Morgan fingerprint density at radius 1 is 1.21 bits per heavy atom. The van der Waals surface area contributed by atoms with Crippen LogP contribution in [0.2, 0.25) is 0 Å². The molecular weight excluding hydrogens is 240 g/mol. The molecule has 0 bridgehead atoms. The molecule has 102 valence electrons. The number of piperidine rings is 1. The summed E-state index contributed by atoms with van der Waals surface area (Å²) in [5.74, 6) is 0.659. The first-order valence-electron chi connectivity index (χ1n) is 7.12. The molecule has 1 saturated heterocycles. The van der Waals surface area contributed by atoms with Crippen LogP contribution in [-0.4, -0.2) is 25.2 Å². The summed E-state index contributed by atoms with van der Waals surface area (Å²) in [6, 6.07) is 6.22. The molecule has 1 aliphatic heterocycles. The summed E-state index contributed by atoms with van der Waals surface area (Å²) in [6.45, 7) is 1.92. The number of hydrogen-bond acceptors (Lipinski definition) is 3. The van der Waals surface area contributed by atoms with Crippen molar-refractivity contribution in [3.8, 4) is 5.75 Å². The Morgan fingerprint density at radius 3 is 2.84 bits per heavy atom. The number of hydrogen-bond donors (Lipinski definition) is 2. The molecule has 0 spiro atoms. The number of fused-ring (bicyclic) bond motifs is 1. The molecule has 3 rings (SSSR count). The molecule has 0 aromatic heterocycles. The highest BCUT2D eigenvalue weighted by Crippen LogP contribution is 2.26. The third-order valence-electron chi connectivity index (χ3n) is 3.94. The predicted octanol–water partition coefficient (Wildman–Crippen LogP) is 2.02. The zero-order valence-electron chi connectivity index (χ0n) is 11.1. The first-order valence-corrected chi connectivity index (χ1v) is 7.12. The molecular formula is C15H20N2O2. The van der Waals surface area contributed by atoms with Crippen LogP contribution < -0.4 is 15.4 Å². The first-order chi connectivity index (χ1) is 9.31. The average Bonchev–Trinajstić information content (AvgIpc) is 2.87. The smallest absolute Gasteiger partial charge is 0.410 e. The normalized spacial score (nSPS) is 18.9. The number of benzene rings is 1. The summed E-state index contributed by atoms with van der Waals surface area (Å²) >= 11 is 0. The van der Waals surface area contributed by atoms with Gasteiger partial charge in [-0.05, 0) is 68.5 Å². The molecule has 1 aliphatic carbocycles. The van der Waals surface area contributed by atoms with Crippen LogP contribution in [0.1, 0.15) is 30.4 Å². The standard InChI is InChI=1S/C15H20N2O2/c18-15(17-13-6-8-16-9-7-13)19-14-5-4-11-2-1-3-12(11)10-14/h4-5,10,13,16H,1-3,6-9H2,(H,17,18). The van der Waals surface area contributed by atoms with Crippen LogP contribution in [0.5, 0.6) is 5.75 Å². The monoisotopic (exact) mass is 260 g/mol. The van der Waals surface area contributed by atoms with Crippen LogP contribution in [0.25, 0.3) is 0 Å². The van der Waals surface area contributed by atoms with Gasteiger partial charge in [0.25, 0.3) is 0 Å². The van der Waals surface area contributed by atoms with Crippen LogP contribution >= 0.6 is 0 Å². The van der Waals surface area contributed by atoms with Gasteiger partial charge in [0.05, 0.1) is 0 Å². The Labute approximate surface area is 113 Å². The summed E-state index contributed by atoms with van der Waals surface area (Å²) in [5.41, 5.74) is 2.72. The fraction of sp³-hybridized carbons (Fsp3) is 0.533. The summed E-state index contributed by atoms with van der Waals surface area (Å²) in [4.78, 5) is 11.8. The van der Waals surface area contributed by atoms with E-state index in [0.717, 1.165) is 38.8 Å². The fourth-order valence-corrected chi connectivity index (χ4v) is 2.88. The molecule has 1 aromatic carbocycles. The Bertz CT molecular complexity index is 467. The van der Waals surface area contributed by atoms with Crippen molar-refractivity contribution in [2.24, 2.45) is 0 Å². The Balaban J connectivity index is 1.56. The van der Waals surface area contributed by atoms with Gasteiger partial charge in [-0.3, -0.25) is 0 Å². The largest absolute Gasteiger partial charge is 0.412 e. The number of aryl methyl sites for hydroxylation is 2. The van der Waals surface area contributed by atoms with E-state index in [-0.39, 0.29) is 12.1 Å². The highest BCUT2D eigenvalue weighted by molar-refractivity contribution is 5.70. The molecule has 0 saturated carbocycles. The van der Waals surface area contributed by atoms with Gasteiger partial charge < -0.3 is 15.4 Å². The number of ether oxygens (including phenoxy) is 1. The third kappa shape index (κ3) is 3.07. The molecule has 1 fully saturated rings. The highest BCUT2D eigenvalue weighted by Gasteiger charge is 2.17. The van der Waals surface area contributed by atoms with E-state index in [2.05, 4.69) is 16.7 Å². The van der Waals surface area contributed by atoms with Crippen molar-refractivity contribution < 1.29 is 9.53 Å². The van der Waals surface area contributed by atoms with Crippen molar-refractivity contribution >= 4 is 6.09 Å². The van der Waals surface area contributed by atoms with E-state index >= 15 is 0 Å². The van der Waals surface area contributed by atoms with E-state index in [4.69, 9.17) is 4.74 Å². The minimum Gasteiger partial charge on any atom is -0.410 e. The van der Waals surface area contributed by atoms with Gasteiger partial charge in [0.1, 0.15) is 5.75 Å². The SMILES string of the molecule is O=C(NC1CCNCC1)Oc1ccc2c(c1)CCC2. The topological polar surface area (TPSA) is 50.4 Å². The molecule has 0 unspecified atom stereocenters. The van der Waals surface area contributed by atoms with E-state index in [9.17, 15) is 4.79 Å². The maximum absolute atomic E-state index is 11.8. The van der Waals surface area contributed by atoms with Crippen molar-refractivity contribution in [1.29, 1.82) is 0 Å². The zero-order valence-corrected chi connectivity index (χ0v) is 11.1. The van der Waals surface area contributed by atoms with E-state index < -0.39 is 0 Å². The minimum absolute atomic E-state index is 0.239. The quantitative estimate of drug-likeness (QED) is 0.855. The molecule has 19 heavy (non-hydrogen) atoms. The number of amides is 1. The Kier molecular flexibility index (Phi) is 3.69. The molecule has 0 radical (unpaired) electrons. The molecule has 1 heterocycles. The molecule has 2 N–H and O–H groups in total. The third-order valence-corrected chi connectivity index (χ3v) is 3.94. The van der Waals surface area contributed by atoms with Crippen molar-refractivity contribution in [1.82, 2.24) is 10.6 Å². The van der Waals surface area contributed by atoms with Gasteiger partial charge in [-0.1, -0.05) is 6.07 Å². The van der Waals surface area contributed by atoms with Crippen molar-refractivity contribution in [2.75, 3.05) is 13.1 Å². The van der Waals surface area contributed by atoms with Crippen molar-refractivity contribution in [2.45, 2.75) is 38.1 Å². The lowest BCUT2D eigenvalue weighted by atomic mass is 10.1. The molecule has 1 aromatic rings. The zero-order chi connectivity index (χ0) is 13.1. The number of rotatable bonds is 2. The van der Waals surface area contributed by atoms with Gasteiger partial charge in [-0.2, -0.15) is 0 Å². The molecule has 4 nitrogen and oxygen atoms in total. The van der Waals surface area contributed by atoms with Gasteiger partial charge in [-0.25, -0.2) is 4.79 Å². The van der Waals surface area contributed by atoms with E-state index in [1.807, 2.05) is 12.1 Å². The molecule has 4 heteroatoms. The lowest BCUT2D eigenvalue weighted by Crippen LogP contribution is -2.43. The Morgan fingerprint density at radius 2 is 2.00 bits per heavy atom. The summed E-state index contributed by atoms with van der Waals surface area (Å²) in [5, 5.41) is 6.21. The maximum Gasteiger partial charge on any atom is 0.412 e. The Hall–Kier alpha value is -1.55. The van der Waals surface area contributed by atoms with Gasteiger partial charge in [-0.15, -0.1) is 0 Å². The second kappa shape index (κ2) is 5.61. The van der Waals surface area contributed by atoms with Gasteiger partial charge in [0, 0.05) is 6.04 Å². The van der Waals surface area contributed by atoms with Crippen LogP contribution in [0.4, 0.5) is 4.79 Å². The fourth-order valence-electron chi connectivity index (χ4n) is 2.88. The predicted molar refractivity (Wildman–Crippen MR) is 73.5 cm³/mol. The van der Waals surface area contributed by atoms with Crippen LogP contribution in [0.3, 0.4) is 0 Å². The van der Waals surface area contributed by atoms with E-state index in [1.165, 1.54) is 17.5 Å². The van der Waals surface area contributed by atoms with Crippen molar-refractivity contribution in [3.05, 3.63) is 29.3 Å². The molecule has 2 aliphatic rings. The number of nitrogens with one attached hydrogen (secondary N) is 2. The van der Waals surface area contributed by atoms with Gasteiger partial charge in [0.2, 0.25) is 0 Å². The highest BCUT2D eigenvalue weighted by atomic mass is 16.6. The summed E-state index contributed by atoms with van der Waals surface area (Å²) in [6.07, 6.45) is 5.07. The van der Waals surface area contributed by atoms with E-state index in [1.54, 1.807) is 0 Å². The second-order valence-corrected chi connectivity index (χ2v) is 5.34. The van der Waals surface area contributed by atoms with Gasteiger partial charge in [0.15, 0.2) is 0 Å².